The number of hydrogen-bond donors (Lipinski definition) is 0. The molecule has 1 aliphatic heterocycles. The van der Waals surface area contributed by atoms with Gasteiger partial charge in [-0.15, -0.1) is 0 Å². The van der Waals surface area contributed by atoms with Gasteiger partial charge in [-0.05, 0) is 55.8 Å². The molecule has 1 fully saturated rings. The molecule has 4 rings (SSSR count). The van der Waals surface area contributed by atoms with Gasteiger partial charge in [0.2, 0.25) is 5.91 Å². The number of carbonyl (C=O) groups is 1. The molecule has 1 amide bonds. The number of carbonyl (C=O) groups excluding carboxylic acids is 1. The van der Waals surface area contributed by atoms with Crippen LogP contribution >= 0.6 is 0 Å². The van der Waals surface area contributed by atoms with Crippen molar-refractivity contribution in [2.45, 2.75) is 52.1 Å². The zero-order valence-corrected chi connectivity index (χ0v) is 18.8. The summed E-state index contributed by atoms with van der Waals surface area (Å²) in [4.78, 5) is 17.9. The minimum Gasteiger partial charge on any atom is -0.341 e. The van der Waals surface area contributed by atoms with Gasteiger partial charge in [-0.1, -0.05) is 61.4 Å². The highest BCUT2D eigenvalue weighted by molar-refractivity contribution is 5.84. The lowest BCUT2D eigenvalue weighted by Gasteiger charge is -2.26. The molecular formula is C27H35N3O. The fourth-order valence-electron chi connectivity index (χ4n) is 4.74. The van der Waals surface area contributed by atoms with Crippen molar-refractivity contribution in [1.29, 1.82) is 0 Å². The van der Waals surface area contributed by atoms with Crippen LogP contribution in [0.25, 0.3) is 10.9 Å². The van der Waals surface area contributed by atoms with Crippen molar-refractivity contribution >= 4 is 16.8 Å². The predicted molar refractivity (Wildman–Crippen MR) is 128 cm³/mol. The largest absolute Gasteiger partial charge is 0.341 e. The molecule has 0 radical (unpaired) electrons. The van der Waals surface area contributed by atoms with Crippen molar-refractivity contribution in [2.24, 2.45) is 0 Å². The number of aryl methyl sites for hydroxylation is 1. The smallest absolute Gasteiger partial charge is 0.242 e. The Bertz CT molecular complexity index is 979. The highest BCUT2D eigenvalue weighted by Crippen LogP contribution is 2.20. The summed E-state index contributed by atoms with van der Waals surface area (Å²) in [7, 11) is 0. The molecule has 31 heavy (non-hydrogen) atoms. The summed E-state index contributed by atoms with van der Waals surface area (Å²) in [6.45, 7) is 7.47. The van der Waals surface area contributed by atoms with E-state index >= 15 is 0 Å². The number of fused-ring (bicyclic) bond motifs is 1. The van der Waals surface area contributed by atoms with E-state index in [0.717, 1.165) is 56.8 Å². The Morgan fingerprint density at radius 3 is 2.32 bits per heavy atom. The Morgan fingerprint density at radius 1 is 0.806 bits per heavy atom. The summed E-state index contributed by atoms with van der Waals surface area (Å²) < 4.78 is 2.17. The number of rotatable bonds is 4. The van der Waals surface area contributed by atoms with Gasteiger partial charge in [-0.25, -0.2) is 0 Å². The average Bonchev–Trinajstić information content (AvgIpc) is 3.07. The Kier molecular flexibility index (Phi) is 7.42. The van der Waals surface area contributed by atoms with E-state index < -0.39 is 0 Å². The van der Waals surface area contributed by atoms with E-state index in [-0.39, 0.29) is 5.91 Å². The van der Waals surface area contributed by atoms with E-state index in [1.54, 1.807) is 0 Å². The minimum atomic E-state index is 0.248. The molecule has 4 nitrogen and oxygen atoms in total. The molecule has 2 heterocycles. The fourth-order valence-corrected chi connectivity index (χ4v) is 4.74. The molecule has 0 spiro atoms. The second-order valence-corrected chi connectivity index (χ2v) is 8.84. The van der Waals surface area contributed by atoms with Gasteiger partial charge in [-0.2, -0.15) is 0 Å². The molecule has 0 unspecified atom stereocenters. The summed E-state index contributed by atoms with van der Waals surface area (Å²) in [5, 5.41) is 1.21. The molecule has 164 valence electrons. The van der Waals surface area contributed by atoms with Crippen molar-refractivity contribution in [2.75, 3.05) is 26.2 Å². The molecule has 2 aromatic carbocycles. The molecule has 1 aliphatic rings. The standard InChI is InChI=1S/C27H35N3O/c1-23-20-25-14-7-8-15-26(25)30(23)22-27(31)29-18-10-3-2-9-16-28(17-11-19-29)21-24-12-5-4-6-13-24/h4-8,12-15,20H,2-3,9-11,16-19,21-22H2,1H3. The zero-order valence-electron chi connectivity index (χ0n) is 18.8. The normalized spacial score (nSPS) is 16.9. The first kappa shape index (κ1) is 21.6. The molecular weight excluding hydrogens is 382 g/mol. The molecule has 1 aromatic heterocycles. The van der Waals surface area contributed by atoms with Crippen LogP contribution in [0, 0.1) is 6.92 Å². The first-order valence-corrected chi connectivity index (χ1v) is 11.8. The summed E-state index contributed by atoms with van der Waals surface area (Å²) in [6, 6.07) is 21.3. The van der Waals surface area contributed by atoms with Crippen molar-refractivity contribution in [3.05, 3.63) is 71.9 Å². The van der Waals surface area contributed by atoms with Crippen LogP contribution in [0.4, 0.5) is 0 Å². The van der Waals surface area contributed by atoms with Crippen LogP contribution in [0.2, 0.25) is 0 Å². The van der Waals surface area contributed by atoms with Gasteiger partial charge in [-0.3, -0.25) is 9.69 Å². The monoisotopic (exact) mass is 417 g/mol. The number of hydrogen-bond acceptors (Lipinski definition) is 2. The van der Waals surface area contributed by atoms with Crippen LogP contribution in [0.1, 0.15) is 43.4 Å². The van der Waals surface area contributed by atoms with Gasteiger partial charge >= 0.3 is 0 Å². The molecule has 3 aromatic rings. The van der Waals surface area contributed by atoms with Crippen molar-refractivity contribution in [3.8, 4) is 0 Å². The molecule has 1 saturated heterocycles. The Hall–Kier alpha value is -2.59. The minimum absolute atomic E-state index is 0.248. The van der Waals surface area contributed by atoms with Crippen LogP contribution in [-0.2, 0) is 17.9 Å². The molecule has 0 aliphatic carbocycles. The average molecular weight is 418 g/mol. The number of benzene rings is 2. The SMILES string of the molecule is Cc1cc2ccccc2n1CC(=O)N1CCCCCCN(Cc2ccccc2)CCC1. The molecule has 4 heteroatoms. The van der Waals surface area contributed by atoms with E-state index in [1.165, 1.54) is 30.2 Å². The molecule has 0 N–H and O–H groups in total. The van der Waals surface area contributed by atoms with Gasteiger partial charge in [0.05, 0.1) is 0 Å². The molecule has 0 saturated carbocycles. The maximum atomic E-state index is 13.3. The first-order chi connectivity index (χ1) is 15.2. The molecule has 0 bridgehead atoms. The zero-order chi connectivity index (χ0) is 21.5. The number of aromatic nitrogens is 1. The lowest BCUT2D eigenvalue weighted by Crippen LogP contribution is -2.37. The van der Waals surface area contributed by atoms with Gasteiger partial charge in [0.1, 0.15) is 6.54 Å². The van der Waals surface area contributed by atoms with Gasteiger partial charge in [0.15, 0.2) is 0 Å². The Balaban J connectivity index is 1.40. The third-order valence-electron chi connectivity index (χ3n) is 6.47. The summed E-state index contributed by atoms with van der Waals surface area (Å²) in [5.41, 5.74) is 3.68. The molecule has 0 atom stereocenters. The van der Waals surface area contributed by atoms with E-state index in [4.69, 9.17) is 0 Å². The second-order valence-electron chi connectivity index (χ2n) is 8.84. The highest BCUT2D eigenvalue weighted by Gasteiger charge is 2.17. The summed E-state index contributed by atoms with van der Waals surface area (Å²) in [5.74, 6) is 0.248. The lowest BCUT2D eigenvalue weighted by atomic mass is 10.1. The number of amides is 1. The first-order valence-electron chi connectivity index (χ1n) is 11.8. The summed E-state index contributed by atoms with van der Waals surface area (Å²) in [6.07, 6.45) is 5.83. The maximum Gasteiger partial charge on any atom is 0.242 e. The van der Waals surface area contributed by atoms with Crippen LogP contribution < -0.4 is 0 Å². The van der Waals surface area contributed by atoms with Gasteiger partial charge in [0, 0.05) is 37.4 Å². The topological polar surface area (TPSA) is 28.5 Å². The van der Waals surface area contributed by atoms with Crippen molar-refractivity contribution < 1.29 is 4.79 Å². The van der Waals surface area contributed by atoms with Crippen LogP contribution in [0.15, 0.2) is 60.7 Å². The maximum absolute atomic E-state index is 13.3. The number of para-hydroxylation sites is 1. The van der Waals surface area contributed by atoms with E-state index in [0.29, 0.717) is 6.54 Å². The quantitative estimate of drug-likeness (QED) is 0.580. The lowest BCUT2D eigenvalue weighted by molar-refractivity contribution is -0.132. The van der Waals surface area contributed by atoms with Crippen molar-refractivity contribution in [3.63, 3.8) is 0 Å². The Labute approximate surface area is 186 Å². The van der Waals surface area contributed by atoms with E-state index in [1.807, 2.05) is 0 Å². The third kappa shape index (κ3) is 5.76. The number of nitrogens with zero attached hydrogens (tertiary/aromatic N) is 3. The predicted octanol–water partition coefficient (Wildman–Crippen LogP) is 5.24. The highest BCUT2D eigenvalue weighted by atomic mass is 16.2. The van der Waals surface area contributed by atoms with Gasteiger partial charge < -0.3 is 9.47 Å². The third-order valence-corrected chi connectivity index (χ3v) is 6.47. The second kappa shape index (κ2) is 10.6. The van der Waals surface area contributed by atoms with E-state index in [9.17, 15) is 4.79 Å². The van der Waals surface area contributed by atoms with Crippen LogP contribution in [-0.4, -0.2) is 46.5 Å². The van der Waals surface area contributed by atoms with Crippen molar-refractivity contribution in [1.82, 2.24) is 14.4 Å². The van der Waals surface area contributed by atoms with Crippen LogP contribution in [0.5, 0.6) is 0 Å². The fraction of sp³-hybridized carbons (Fsp3) is 0.444. The van der Waals surface area contributed by atoms with Gasteiger partial charge in [0.25, 0.3) is 0 Å². The van der Waals surface area contributed by atoms with Crippen LogP contribution in [0.3, 0.4) is 0 Å². The summed E-state index contributed by atoms with van der Waals surface area (Å²) >= 11 is 0. The Morgan fingerprint density at radius 2 is 1.48 bits per heavy atom. The van der Waals surface area contributed by atoms with E-state index in [2.05, 4.69) is 82.0 Å².